The molecule has 0 saturated heterocycles. The lowest BCUT2D eigenvalue weighted by Crippen LogP contribution is -2.18. The van der Waals surface area contributed by atoms with E-state index in [1.54, 1.807) is 38.5 Å². The molecule has 0 aliphatic rings. The number of methoxy groups -OCH3 is 2. The fourth-order valence-electron chi connectivity index (χ4n) is 2.65. The standard InChI is InChI=1S/C19H19ClFN3O3/c1-24(10-13-14(20)5-4-6-15(13)21)11-18-22-19(23-27-18)12-7-8-16(25-2)17(9-12)26-3/h4-9H,10-11H2,1-3H3. The lowest BCUT2D eigenvalue weighted by molar-refractivity contribution is 0.258. The van der Waals surface area contributed by atoms with Gasteiger partial charge in [-0.1, -0.05) is 22.8 Å². The van der Waals surface area contributed by atoms with E-state index in [9.17, 15) is 4.39 Å². The fourth-order valence-corrected chi connectivity index (χ4v) is 2.87. The van der Waals surface area contributed by atoms with Gasteiger partial charge in [-0.15, -0.1) is 0 Å². The molecule has 3 aromatic rings. The van der Waals surface area contributed by atoms with E-state index < -0.39 is 0 Å². The van der Waals surface area contributed by atoms with Gasteiger partial charge in [-0.3, -0.25) is 4.90 Å². The zero-order valence-electron chi connectivity index (χ0n) is 15.2. The van der Waals surface area contributed by atoms with Gasteiger partial charge in [0.15, 0.2) is 11.5 Å². The summed E-state index contributed by atoms with van der Waals surface area (Å²) in [5.41, 5.74) is 1.17. The topological polar surface area (TPSA) is 60.6 Å². The van der Waals surface area contributed by atoms with Crippen molar-refractivity contribution in [3.63, 3.8) is 0 Å². The van der Waals surface area contributed by atoms with E-state index in [1.807, 2.05) is 18.0 Å². The summed E-state index contributed by atoms with van der Waals surface area (Å²) in [4.78, 5) is 6.24. The Hall–Kier alpha value is -2.64. The highest BCUT2D eigenvalue weighted by Gasteiger charge is 2.15. The van der Waals surface area contributed by atoms with Gasteiger partial charge < -0.3 is 14.0 Å². The smallest absolute Gasteiger partial charge is 0.241 e. The second-order valence-electron chi connectivity index (χ2n) is 5.95. The molecule has 0 N–H and O–H groups in total. The van der Waals surface area contributed by atoms with Crippen LogP contribution in [0.15, 0.2) is 40.9 Å². The number of ether oxygens (including phenoxy) is 2. The SMILES string of the molecule is COc1ccc(-c2noc(CN(C)Cc3c(F)cccc3Cl)n2)cc1OC. The number of halogens is 2. The zero-order valence-corrected chi connectivity index (χ0v) is 16.0. The third-order valence-corrected chi connectivity index (χ3v) is 4.36. The molecule has 3 rings (SSSR count). The van der Waals surface area contributed by atoms with Gasteiger partial charge in [0, 0.05) is 22.7 Å². The molecule has 6 nitrogen and oxygen atoms in total. The van der Waals surface area contributed by atoms with Crippen LogP contribution in [0.4, 0.5) is 4.39 Å². The van der Waals surface area contributed by atoms with Crippen LogP contribution >= 0.6 is 11.6 Å². The molecule has 8 heteroatoms. The lowest BCUT2D eigenvalue weighted by Gasteiger charge is -2.15. The Morgan fingerprint density at radius 2 is 1.89 bits per heavy atom. The minimum atomic E-state index is -0.342. The molecular weight excluding hydrogens is 373 g/mol. The molecule has 0 spiro atoms. The van der Waals surface area contributed by atoms with Crippen molar-refractivity contribution >= 4 is 11.6 Å². The van der Waals surface area contributed by atoms with Crippen LogP contribution in [0.2, 0.25) is 5.02 Å². The van der Waals surface area contributed by atoms with Crippen LogP contribution in [0.1, 0.15) is 11.5 Å². The molecule has 1 aromatic heterocycles. The first-order valence-electron chi connectivity index (χ1n) is 8.18. The molecule has 0 saturated carbocycles. The van der Waals surface area contributed by atoms with Crippen LogP contribution in [0.25, 0.3) is 11.4 Å². The first-order chi connectivity index (χ1) is 13.0. The van der Waals surface area contributed by atoms with Gasteiger partial charge in [0.2, 0.25) is 11.7 Å². The molecule has 0 bridgehead atoms. The van der Waals surface area contributed by atoms with E-state index in [0.29, 0.717) is 46.9 Å². The summed E-state index contributed by atoms with van der Waals surface area (Å²) in [6.45, 7) is 0.671. The predicted molar refractivity (Wildman–Crippen MR) is 99.4 cm³/mol. The largest absolute Gasteiger partial charge is 0.493 e. The van der Waals surface area contributed by atoms with E-state index in [4.69, 9.17) is 25.6 Å². The number of rotatable bonds is 7. The van der Waals surface area contributed by atoms with Gasteiger partial charge in [-0.05, 0) is 37.4 Å². The third kappa shape index (κ3) is 4.37. The van der Waals surface area contributed by atoms with Crippen molar-refractivity contribution in [1.82, 2.24) is 15.0 Å². The maximum absolute atomic E-state index is 13.9. The van der Waals surface area contributed by atoms with Crippen molar-refractivity contribution in [3.8, 4) is 22.9 Å². The highest BCUT2D eigenvalue weighted by Crippen LogP contribution is 2.31. The molecule has 0 amide bonds. The molecule has 0 fully saturated rings. The maximum atomic E-state index is 13.9. The van der Waals surface area contributed by atoms with Crippen molar-refractivity contribution in [1.29, 1.82) is 0 Å². The molecular formula is C19H19ClFN3O3. The van der Waals surface area contributed by atoms with Crippen LogP contribution in [0.3, 0.4) is 0 Å². The van der Waals surface area contributed by atoms with Gasteiger partial charge in [0.1, 0.15) is 5.82 Å². The van der Waals surface area contributed by atoms with Crippen molar-refractivity contribution in [2.45, 2.75) is 13.1 Å². The minimum absolute atomic E-state index is 0.319. The molecule has 0 unspecified atom stereocenters. The normalized spacial score (nSPS) is 11.0. The average Bonchev–Trinajstić information content (AvgIpc) is 3.12. The van der Waals surface area contributed by atoms with Crippen LogP contribution in [-0.4, -0.2) is 36.3 Å². The molecule has 0 radical (unpaired) electrons. The van der Waals surface area contributed by atoms with E-state index >= 15 is 0 Å². The summed E-state index contributed by atoms with van der Waals surface area (Å²) < 4.78 is 29.8. The molecule has 0 atom stereocenters. The minimum Gasteiger partial charge on any atom is -0.493 e. The average molecular weight is 392 g/mol. The zero-order chi connectivity index (χ0) is 19.4. The molecule has 2 aromatic carbocycles. The number of nitrogens with zero attached hydrogens (tertiary/aromatic N) is 3. The Balaban J connectivity index is 1.72. The van der Waals surface area contributed by atoms with Gasteiger partial charge in [0.25, 0.3) is 0 Å². The molecule has 27 heavy (non-hydrogen) atoms. The Morgan fingerprint density at radius 1 is 1.11 bits per heavy atom. The van der Waals surface area contributed by atoms with E-state index in [2.05, 4.69) is 10.1 Å². The summed E-state index contributed by atoms with van der Waals surface area (Å²) in [7, 11) is 4.96. The van der Waals surface area contributed by atoms with Gasteiger partial charge >= 0.3 is 0 Å². The molecule has 0 aliphatic heterocycles. The second kappa shape index (κ2) is 8.37. The molecule has 1 heterocycles. The van der Waals surface area contributed by atoms with Crippen molar-refractivity contribution in [2.24, 2.45) is 0 Å². The second-order valence-corrected chi connectivity index (χ2v) is 6.36. The Kier molecular flexibility index (Phi) is 5.93. The predicted octanol–water partition coefficient (Wildman–Crippen LogP) is 4.18. The summed E-state index contributed by atoms with van der Waals surface area (Å²) in [5.74, 6) is 1.70. The molecule has 142 valence electrons. The Morgan fingerprint density at radius 3 is 2.59 bits per heavy atom. The first kappa shape index (κ1) is 19.1. The number of hydrogen-bond donors (Lipinski definition) is 0. The maximum Gasteiger partial charge on any atom is 0.241 e. The van der Waals surface area contributed by atoms with E-state index in [1.165, 1.54) is 6.07 Å². The van der Waals surface area contributed by atoms with Crippen molar-refractivity contribution < 1.29 is 18.4 Å². The van der Waals surface area contributed by atoms with Gasteiger partial charge in [-0.25, -0.2) is 4.39 Å². The summed E-state index contributed by atoms with van der Waals surface area (Å²) in [5, 5.41) is 4.39. The van der Waals surface area contributed by atoms with E-state index in [0.717, 1.165) is 5.56 Å². The number of hydrogen-bond acceptors (Lipinski definition) is 6. The van der Waals surface area contributed by atoms with Crippen molar-refractivity contribution in [3.05, 3.63) is 58.7 Å². The Bertz CT molecular complexity index is 912. The number of benzene rings is 2. The van der Waals surface area contributed by atoms with Crippen LogP contribution in [0, 0.1) is 5.82 Å². The van der Waals surface area contributed by atoms with Crippen LogP contribution in [0.5, 0.6) is 11.5 Å². The number of aromatic nitrogens is 2. The summed E-state index contributed by atoms with van der Waals surface area (Å²) in [6.07, 6.45) is 0. The van der Waals surface area contributed by atoms with Gasteiger partial charge in [-0.2, -0.15) is 4.98 Å². The third-order valence-electron chi connectivity index (χ3n) is 4.00. The highest BCUT2D eigenvalue weighted by molar-refractivity contribution is 6.31. The fraction of sp³-hybridized carbons (Fsp3) is 0.263. The summed E-state index contributed by atoms with van der Waals surface area (Å²) >= 11 is 6.07. The quantitative estimate of drug-likeness (QED) is 0.602. The van der Waals surface area contributed by atoms with Gasteiger partial charge in [0.05, 0.1) is 20.8 Å². The van der Waals surface area contributed by atoms with Crippen LogP contribution in [-0.2, 0) is 13.1 Å². The molecule has 0 aliphatic carbocycles. The van der Waals surface area contributed by atoms with Crippen molar-refractivity contribution in [2.75, 3.05) is 21.3 Å². The van der Waals surface area contributed by atoms with E-state index in [-0.39, 0.29) is 5.82 Å². The Labute approximate surface area is 161 Å². The first-order valence-corrected chi connectivity index (χ1v) is 8.56. The lowest BCUT2D eigenvalue weighted by atomic mass is 10.2. The summed E-state index contributed by atoms with van der Waals surface area (Å²) in [6, 6.07) is 9.99. The van der Waals surface area contributed by atoms with Crippen LogP contribution < -0.4 is 9.47 Å². The monoisotopic (exact) mass is 391 g/mol. The highest BCUT2D eigenvalue weighted by atomic mass is 35.5.